The highest BCUT2D eigenvalue weighted by molar-refractivity contribution is 5.80. The van der Waals surface area contributed by atoms with E-state index >= 15 is 0 Å². The van der Waals surface area contributed by atoms with Gasteiger partial charge < -0.3 is 5.32 Å². The van der Waals surface area contributed by atoms with E-state index in [0.717, 1.165) is 34.1 Å². The van der Waals surface area contributed by atoms with Crippen LogP contribution in [0.3, 0.4) is 0 Å². The van der Waals surface area contributed by atoms with Crippen molar-refractivity contribution in [3.05, 3.63) is 84.1 Å². The lowest BCUT2D eigenvalue weighted by Crippen LogP contribution is -1.99. The molecule has 3 heteroatoms. The topological polar surface area (TPSA) is 29.3 Å². The fourth-order valence-electron chi connectivity index (χ4n) is 2.94. The molecule has 0 saturated heterocycles. The third-order valence-corrected chi connectivity index (χ3v) is 4.20. The summed E-state index contributed by atoms with van der Waals surface area (Å²) in [5.74, 6) is 0.998. The zero-order chi connectivity index (χ0) is 16.5. The van der Waals surface area contributed by atoms with Crippen LogP contribution in [-0.2, 0) is 0 Å². The van der Waals surface area contributed by atoms with Gasteiger partial charge in [-0.2, -0.15) is 0 Å². The molecule has 0 fully saturated rings. The van der Waals surface area contributed by atoms with E-state index in [1.54, 1.807) is 0 Å². The van der Waals surface area contributed by atoms with Crippen molar-refractivity contribution in [2.24, 2.45) is 0 Å². The lowest BCUT2D eigenvalue weighted by Gasteiger charge is -2.11. The van der Waals surface area contributed by atoms with Gasteiger partial charge in [-0.1, -0.05) is 54.1 Å². The minimum atomic E-state index is 0.948. The monoisotopic (exact) mass is 313 g/mol. The van der Waals surface area contributed by atoms with E-state index in [9.17, 15) is 0 Å². The van der Waals surface area contributed by atoms with Crippen LogP contribution in [0.15, 0.2) is 72.8 Å². The summed E-state index contributed by atoms with van der Waals surface area (Å²) in [7, 11) is 0. The molecule has 4 rings (SSSR count). The Bertz CT molecular complexity index is 983. The zero-order valence-electron chi connectivity index (χ0n) is 13.8. The number of hydrogen-bond acceptors (Lipinski definition) is 2. The quantitative estimate of drug-likeness (QED) is 0.551. The van der Waals surface area contributed by atoms with E-state index in [0.29, 0.717) is 0 Å². The van der Waals surface area contributed by atoms with Gasteiger partial charge in [0.2, 0.25) is 0 Å². The standard InChI is InChI=1S/C21H19N3/c1-15-11-13-18(14-12-15)22-21-20(17-8-4-3-5-9-17)23-19-10-6-7-16(2)24(19)21/h3-14,22H,1-2H3. The van der Waals surface area contributed by atoms with Crippen LogP contribution < -0.4 is 5.32 Å². The summed E-state index contributed by atoms with van der Waals surface area (Å²) in [6, 6.07) is 24.9. The lowest BCUT2D eigenvalue weighted by molar-refractivity contribution is 1.10. The molecule has 2 aromatic carbocycles. The van der Waals surface area contributed by atoms with Crippen molar-refractivity contribution >= 4 is 17.2 Å². The Kier molecular flexibility index (Phi) is 3.54. The maximum absolute atomic E-state index is 4.86. The van der Waals surface area contributed by atoms with Crippen LogP contribution in [0.5, 0.6) is 0 Å². The van der Waals surface area contributed by atoms with Crippen LogP contribution in [0.25, 0.3) is 16.9 Å². The van der Waals surface area contributed by atoms with Gasteiger partial charge in [0.05, 0.1) is 0 Å². The maximum Gasteiger partial charge on any atom is 0.143 e. The summed E-state index contributed by atoms with van der Waals surface area (Å²) in [6.07, 6.45) is 0. The first-order chi connectivity index (χ1) is 11.7. The molecule has 2 aromatic heterocycles. The molecule has 4 aromatic rings. The number of anilines is 2. The lowest BCUT2D eigenvalue weighted by atomic mass is 10.1. The summed E-state index contributed by atoms with van der Waals surface area (Å²) >= 11 is 0. The molecule has 0 amide bonds. The van der Waals surface area contributed by atoms with Crippen LogP contribution in [-0.4, -0.2) is 9.38 Å². The van der Waals surface area contributed by atoms with E-state index < -0.39 is 0 Å². The number of imidazole rings is 1. The van der Waals surface area contributed by atoms with Crippen molar-refractivity contribution in [3.8, 4) is 11.3 Å². The molecule has 0 aliphatic rings. The third kappa shape index (κ3) is 2.54. The van der Waals surface area contributed by atoms with E-state index in [4.69, 9.17) is 4.98 Å². The smallest absolute Gasteiger partial charge is 0.143 e. The van der Waals surface area contributed by atoms with Crippen molar-refractivity contribution < 1.29 is 0 Å². The predicted molar refractivity (Wildman–Crippen MR) is 99.8 cm³/mol. The molecule has 0 spiro atoms. The van der Waals surface area contributed by atoms with Gasteiger partial charge in [-0.3, -0.25) is 4.40 Å². The summed E-state index contributed by atoms with van der Waals surface area (Å²) in [6.45, 7) is 4.20. The van der Waals surface area contributed by atoms with Crippen molar-refractivity contribution in [1.29, 1.82) is 0 Å². The van der Waals surface area contributed by atoms with Gasteiger partial charge in [-0.15, -0.1) is 0 Å². The highest BCUT2D eigenvalue weighted by Gasteiger charge is 2.15. The fourth-order valence-corrected chi connectivity index (χ4v) is 2.94. The van der Waals surface area contributed by atoms with E-state index in [-0.39, 0.29) is 0 Å². The molecule has 0 bridgehead atoms. The Balaban J connectivity index is 1.92. The number of rotatable bonds is 3. The number of benzene rings is 2. The van der Waals surface area contributed by atoms with Crippen LogP contribution in [0.4, 0.5) is 11.5 Å². The third-order valence-electron chi connectivity index (χ3n) is 4.20. The van der Waals surface area contributed by atoms with E-state index in [1.807, 2.05) is 30.3 Å². The Hall–Kier alpha value is -3.07. The van der Waals surface area contributed by atoms with E-state index in [1.165, 1.54) is 5.56 Å². The SMILES string of the molecule is Cc1ccc(Nc2c(-c3ccccc3)nc3cccc(C)n23)cc1. The van der Waals surface area contributed by atoms with Crippen LogP contribution in [0, 0.1) is 13.8 Å². The van der Waals surface area contributed by atoms with Gasteiger partial charge >= 0.3 is 0 Å². The average molecular weight is 313 g/mol. The van der Waals surface area contributed by atoms with Crippen LogP contribution >= 0.6 is 0 Å². The second kappa shape index (κ2) is 5.85. The largest absolute Gasteiger partial charge is 0.339 e. The Morgan fingerprint density at radius 2 is 1.54 bits per heavy atom. The molecular formula is C21H19N3. The molecule has 2 heterocycles. The molecule has 24 heavy (non-hydrogen) atoms. The first-order valence-corrected chi connectivity index (χ1v) is 8.09. The second-order valence-electron chi connectivity index (χ2n) is 6.03. The minimum Gasteiger partial charge on any atom is -0.339 e. The fraction of sp³-hybridized carbons (Fsp3) is 0.0952. The number of fused-ring (bicyclic) bond motifs is 1. The molecule has 118 valence electrons. The van der Waals surface area contributed by atoms with Gasteiger partial charge in [0.15, 0.2) is 0 Å². The molecule has 0 unspecified atom stereocenters. The van der Waals surface area contributed by atoms with Crippen molar-refractivity contribution in [3.63, 3.8) is 0 Å². The molecule has 0 atom stereocenters. The highest BCUT2D eigenvalue weighted by Crippen LogP contribution is 2.31. The summed E-state index contributed by atoms with van der Waals surface area (Å²) < 4.78 is 2.17. The molecular weight excluding hydrogens is 294 g/mol. The second-order valence-corrected chi connectivity index (χ2v) is 6.03. The summed E-state index contributed by atoms with van der Waals surface area (Å²) in [4.78, 5) is 4.86. The average Bonchev–Trinajstić information content (AvgIpc) is 2.98. The minimum absolute atomic E-state index is 0.948. The zero-order valence-corrected chi connectivity index (χ0v) is 13.8. The van der Waals surface area contributed by atoms with Crippen molar-refractivity contribution in [2.45, 2.75) is 13.8 Å². The molecule has 1 N–H and O–H groups in total. The van der Waals surface area contributed by atoms with Gasteiger partial charge in [-0.05, 0) is 38.1 Å². The van der Waals surface area contributed by atoms with Crippen LogP contribution in [0.1, 0.15) is 11.3 Å². The highest BCUT2D eigenvalue weighted by atomic mass is 15.1. The Labute approximate surface area is 141 Å². The molecule has 0 aliphatic carbocycles. The number of nitrogens with one attached hydrogen (secondary N) is 1. The number of hydrogen-bond donors (Lipinski definition) is 1. The summed E-state index contributed by atoms with van der Waals surface area (Å²) in [5, 5.41) is 3.56. The van der Waals surface area contributed by atoms with E-state index in [2.05, 4.69) is 66.0 Å². The Morgan fingerprint density at radius 1 is 0.792 bits per heavy atom. The van der Waals surface area contributed by atoms with Crippen molar-refractivity contribution in [1.82, 2.24) is 9.38 Å². The number of pyridine rings is 1. The number of aryl methyl sites for hydroxylation is 2. The first kappa shape index (κ1) is 14.5. The molecule has 0 aliphatic heterocycles. The Morgan fingerprint density at radius 3 is 2.29 bits per heavy atom. The van der Waals surface area contributed by atoms with Crippen molar-refractivity contribution in [2.75, 3.05) is 5.32 Å². The van der Waals surface area contributed by atoms with Gasteiger partial charge in [0, 0.05) is 16.9 Å². The van der Waals surface area contributed by atoms with Gasteiger partial charge in [0.25, 0.3) is 0 Å². The molecule has 0 radical (unpaired) electrons. The van der Waals surface area contributed by atoms with Gasteiger partial charge in [0.1, 0.15) is 17.2 Å². The molecule has 0 saturated carbocycles. The summed E-state index contributed by atoms with van der Waals surface area (Å²) in [5.41, 5.74) is 6.47. The predicted octanol–water partition coefficient (Wildman–Crippen LogP) is 5.36. The normalized spacial score (nSPS) is 10.9. The first-order valence-electron chi connectivity index (χ1n) is 8.09. The number of aromatic nitrogens is 2. The maximum atomic E-state index is 4.86. The number of nitrogens with zero attached hydrogens (tertiary/aromatic N) is 2. The molecule has 3 nitrogen and oxygen atoms in total. The van der Waals surface area contributed by atoms with Gasteiger partial charge in [-0.25, -0.2) is 4.98 Å². The van der Waals surface area contributed by atoms with Crippen LogP contribution in [0.2, 0.25) is 0 Å².